The minimum atomic E-state index is 0.204. The van der Waals surface area contributed by atoms with E-state index in [0.717, 1.165) is 17.6 Å². The van der Waals surface area contributed by atoms with Crippen LogP contribution in [0.5, 0.6) is 0 Å². The Kier molecular flexibility index (Phi) is 2.59. The molecule has 3 nitrogen and oxygen atoms in total. The van der Waals surface area contributed by atoms with Gasteiger partial charge in [-0.05, 0) is 32.7 Å². The van der Waals surface area contributed by atoms with Gasteiger partial charge in [0.05, 0.1) is 12.2 Å². The molecule has 1 aliphatic carbocycles. The van der Waals surface area contributed by atoms with Crippen LogP contribution in [-0.4, -0.2) is 12.0 Å². The van der Waals surface area contributed by atoms with Gasteiger partial charge in [-0.2, -0.15) is 0 Å². The molecule has 2 rings (SSSR count). The quantitative estimate of drug-likeness (QED) is 0.800. The van der Waals surface area contributed by atoms with E-state index < -0.39 is 0 Å². The fourth-order valence-electron chi connectivity index (χ4n) is 1.66. The monoisotopic (exact) mass is 194 g/mol. The molecule has 1 aromatic heterocycles. The van der Waals surface area contributed by atoms with Crippen LogP contribution in [-0.2, 0) is 0 Å². The van der Waals surface area contributed by atoms with Gasteiger partial charge in [0, 0.05) is 5.92 Å². The number of oxazole rings is 1. The molecule has 1 saturated carbocycles. The maximum absolute atomic E-state index is 5.73. The largest absolute Gasteiger partial charge is 0.444 e. The van der Waals surface area contributed by atoms with E-state index in [1.54, 1.807) is 0 Å². The van der Waals surface area contributed by atoms with Crippen LogP contribution in [0, 0.1) is 5.92 Å². The fourth-order valence-corrected chi connectivity index (χ4v) is 1.66. The van der Waals surface area contributed by atoms with Crippen molar-refractivity contribution in [3.8, 4) is 0 Å². The summed E-state index contributed by atoms with van der Waals surface area (Å²) in [4.78, 5) is 4.29. The molecule has 0 aromatic carbocycles. The van der Waals surface area contributed by atoms with Gasteiger partial charge in [-0.1, -0.05) is 6.92 Å². The first-order chi connectivity index (χ1) is 6.72. The van der Waals surface area contributed by atoms with Crippen molar-refractivity contribution >= 4 is 0 Å². The molecule has 0 amide bonds. The number of nitrogens with one attached hydrogen (secondary N) is 1. The molecule has 3 heteroatoms. The third-order valence-corrected chi connectivity index (χ3v) is 3.12. The number of hydrogen-bond acceptors (Lipinski definition) is 3. The third kappa shape index (κ3) is 1.82. The highest BCUT2D eigenvalue weighted by Crippen LogP contribution is 2.42. The van der Waals surface area contributed by atoms with E-state index in [2.05, 4.69) is 24.1 Å². The van der Waals surface area contributed by atoms with Crippen LogP contribution in [0.3, 0.4) is 0 Å². The van der Waals surface area contributed by atoms with Crippen LogP contribution in [0.25, 0.3) is 0 Å². The Bertz CT molecular complexity index is 304. The lowest BCUT2D eigenvalue weighted by Gasteiger charge is -2.06. The van der Waals surface area contributed by atoms with Gasteiger partial charge < -0.3 is 9.73 Å². The van der Waals surface area contributed by atoms with Crippen molar-refractivity contribution in [2.24, 2.45) is 5.92 Å². The summed E-state index contributed by atoms with van der Waals surface area (Å²) >= 11 is 0. The SMILES string of the molecule is CNC(C)c1ncc(C(C)C2CC2)o1. The molecule has 1 aromatic rings. The third-order valence-electron chi connectivity index (χ3n) is 3.12. The van der Waals surface area contributed by atoms with Gasteiger partial charge in [0.25, 0.3) is 0 Å². The fraction of sp³-hybridized carbons (Fsp3) is 0.727. The van der Waals surface area contributed by atoms with Crippen LogP contribution in [0.4, 0.5) is 0 Å². The van der Waals surface area contributed by atoms with E-state index >= 15 is 0 Å². The smallest absolute Gasteiger partial charge is 0.211 e. The molecule has 1 aliphatic rings. The van der Waals surface area contributed by atoms with E-state index in [1.807, 2.05) is 13.2 Å². The average Bonchev–Trinajstić information content (AvgIpc) is 2.93. The Morgan fingerprint density at radius 2 is 2.21 bits per heavy atom. The summed E-state index contributed by atoms with van der Waals surface area (Å²) in [6.07, 6.45) is 4.57. The van der Waals surface area contributed by atoms with Crippen LogP contribution in [0.1, 0.15) is 50.3 Å². The number of rotatable bonds is 4. The Labute approximate surface area is 84.9 Å². The van der Waals surface area contributed by atoms with Crippen molar-refractivity contribution < 1.29 is 4.42 Å². The second-order valence-electron chi connectivity index (χ2n) is 4.24. The molecule has 1 fully saturated rings. The molecular formula is C11H18N2O. The molecule has 1 heterocycles. The van der Waals surface area contributed by atoms with Gasteiger partial charge in [-0.15, -0.1) is 0 Å². The maximum atomic E-state index is 5.73. The summed E-state index contributed by atoms with van der Waals surface area (Å²) in [7, 11) is 1.92. The van der Waals surface area contributed by atoms with Gasteiger partial charge in [0.2, 0.25) is 5.89 Å². The molecule has 1 N–H and O–H groups in total. The van der Waals surface area contributed by atoms with Crippen LogP contribution < -0.4 is 5.32 Å². The number of nitrogens with zero attached hydrogens (tertiary/aromatic N) is 1. The van der Waals surface area contributed by atoms with E-state index in [0.29, 0.717) is 5.92 Å². The predicted octanol–water partition coefficient (Wildman–Crippen LogP) is 2.47. The molecular weight excluding hydrogens is 176 g/mol. The molecule has 78 valence electrons. The normalized spacial score (nSPS) is 20.8. The zero-order chi connectivity index (χ0) is 10.1. The maximum Gasteiger partial charge on any atom is 0.211 e. The van der Waals surface area contributed by atoms with E-state index in [9.17, 15) is 0 Å². The first-order valence-electron chi connectivity index (χ1n) is 5.35. The molecule has 0 spiro atoms. The predicted molar refractivity (Wildman–Crippen MR) is 55.1 cm³/mol. The minimum Gasteiger partial charge on any atom is -0.444 e. The Morgan fingerprint density at radius 1 is 1.50 bits per heavy atom. The van der Waals surface area contributed by atoms with Gasteiger partial charge in [-0.3, -0.25) is 0 Å². The number of hydrogen-bond donors (Lipinski definition) is 1. The van der Waals surface area contributed by atoms with E-state index in [4.69, 9.17) is 4.42 Å². The van der Waals surface area contributed by atoms with Gasteiger partial charge >= 0.3 is 0 Å². The van der Waals surface area contributed by atoms with Crippen molar-refractivity contribution in [1.82, 2.24) is 10.3 Å². The lowest BCUT2D eigenvalue weighted by atomic mass is 10.0. The first kappa shape index (κ1) is 9.71. The standard InChI is InChI=1S/C11H18N2O/c1-7(9-4-5-9)10-6-13-11(14-10)8(2)12-3/h6-9,12H,4-5H2,1-3H3. The van der Waals surface area contributed by atoms with Crippen molar-refractivity contribution in [3.05, 3.63) is 17.8 Å². The zero-order valence-electron chi connectivity index (χ0n) is 9.08. The summed E-state index contributed by atoms with van der Waals surface area (Å²) < 4.78 is 5.73. The molecule has 14 heavy (non-hydrogen) atoms. The summed E-state index contributed by atoms with van der Waals surface area (Å²) in [5.41, 5.74) is 0. The van der Waals surface area contributed by atoms with Crippen molar-refractivity contribution in [2.75, 3.05) is 7.05 Å². The van der Waals surface area contributed by atoms with Crippen molar-refractivity contribution in [3.63, 3.8) is 0 Å². The van der Waals surface area contributed by atoms with E-state index in [-0.39, 0.29) is 6.04 Å². The highest BCUT2D eigenvalue weighted by molar-refractivity contribution is 5.06. The van der Waals surface area contributed by atoms with Gasteiger partial charge in [0.1, 0.15) is 5.76 Å². The second-order valence-corrected chi connectivity index (χ2v) is 4.24. The molecule has 0 aliphatic heterocycles. The highest BCUT2D eigenvalue weighted by atomic mass is 16.4. The van der Waals surface area contributed by atoms with E-state index in [1.165, 1.54) is 12.8 Å². The summed E-state index contributed by atoms with van der Waals surface area (Å²) in [6, 6.07) is 0.204. The second kappa shape index (κ2) is 3.73. The molecule has 2 atom stereocenters. The molecule has 0 bridgehead atoms. The summed E-state index contributed by atoms with van der Waals surface area (Å²) in [6.45, 7) is 4.28. The molecule has 2 unspecified atom stereocenters. The van der Waals surface area contributed by atoms with Crippen LogP contribution >= 0.6 is 0 Å². The zero-order valence-corrected chi connectivity index (χ0v) is 9.08. The Hall–Kier alpha value is -0.830. The molecule has 0 saturated heterocycles. The minimum absolute atomic E-state index is 0.204. The van der Waals surface area contributed by atoms with Crippen LogP contribution in [0.2, 0.25) is 0 Å². The molecule has 0 radical (unpaired) electrons. The van der Waals surface area contributed by atoms with Crippen molar-refractivity contribution in [1.29, 1.82) is 0 Å². The highest BCUT2D eigenvalue weighted by Gasteiger charge is 2.31. The Morgan fingerprint density at radius 3 is 2.79 bits per heavy atom. The summed E-state index contributed by atoms with van der Waals surface area (Å²) in [5, 5.41) is 3.12. The van der Waals surface area contributed by atoms with Crippen LogP contribution in [0.15, 0.2) is 10.6 Å². The first-order valence-corrected chi connectivity index (χ1v) is 5.35. The lowest BCUT2D eigenvalue weighted by Crippen LogP contribution is -2.12. The Balaban J connectivity index is 2.08. The van der Waals surface area contributed by atoms with Gasteiger partial charge in [0.15, 0.2) is 0 Å². The lowest BCUT2D eigenvalue weighted by molar-refractivity contribution is 0.383. The van der Waals surface area contributed by atoms with Gasteiger partial charge in [-0.25, -0.2) is 4.98 Å². The summed E-state index contributed by atoms with van der Waals surface area (Å²) in [5.74, 6) is 3.22. The van der Waals surface area contributed by atoms with Crippen molar-refractivity contribution in [2.45, 2.75) is 38.6 Å². The topological polar surface area (TPSA) is 38.1 Å². The average molecular weight is 194 g/mol. The number of aromatic nitrogens is 1.